The summed E-state index contributed by atoms with van der Waals surface area (Å²) >= 11 is 0. The van der Waals surface area contributed by atoms with Crippen LogP contribution in [0.2, 0.25) is 0 Å². The second kappa shape index (κ2) is 7.84. The number of amides is 1. The van der Waals surface area contributed by atoms with E-state index in [9.17, 15) is 18.7 Å². The Kier molecular flexibility index (Phi) is 6.07. The van der Waals surface area contributed by atoms with Crippen LogP contribution in [-0.4, -0.2) is 41.6 Å². The van der Waals surface area contributed by atoms with Crippen molar-refractivity contribution in [2.45, 2.75) is 38.8 Å². The topological polar surface area (TPSA) is 52.6 Å². The van der Waals surface area contributed by atoms with Crippen molar-refractivity contribution in [3.63, 3.8) is 0 Å². The minimum atomic E-state index is -1.34. The number of nitrogens with zero attached hydrogens (tertiary/aromatic N) is 1. The van der Waals surface area contributed by atoms with Gasteiger partial charge in [-0.05, 0) is 30.9 Å². The van der Waals surface area contributed by atoms with Gasteiger partial charge in [0.05, 0.1) is 17.7 Å². The zero-order chi connectivity index (χ0) is 17.0. The largest absolute Gasteiger partial charge is 0.387 e. The summed E-state index contributed by atoms with van der Waals surface area (Å²) in [7, 11) is 0. The van der Waals surface area contributed by atoms with Gasteiger partial charge in [0.1, 0.15) is 11.6 Å². The molecular formula is C17H24F2N2O2. The average Bonchev–Trinajstić information content (AvgIpc) is 3.00. The van der Waals surface area contributed by atoms with Crippen molar-refractivity contribution in [2.75, 3.05) is 19.6 Å². The molecule has 6 heteroatoms. The van der Waals surface area contributed by atoms with Gasteiger partial charge in [0.15, 0.2) is 0 Å². The van der Waals surface area contributed by atoms with Crippen molar-refractivity contribution in [1.82, 2.24) is 10.2 Å². The highest BCUT2D eigenvalue weighted by Gasteiger charge is 2.29. The Bertz CT molecular complexity index is 525. The number of carbonyl (C=O) groups excluding carboxylic acids is 1. The fourth-order valence-corrected chi connectivity index (χ4v) is 2.91. The first-order valence-electron chi connectivity index (χ1n) is 8.06. The molecule has 0 saturated carbocycles. The van der Waals surface area contributed by atoms with Gasteiger partial charge >= 0.3 is 0 Å². The van der Waals surface area contributed by atoms with Crippen LogP contribution in [0.4, 0.5) is 8.78 Å². The first-order valence-corrected chi connectivity index (χ1v) is 8.06. The lowest BCUT2D eigenvalue weighted by molar-refractivity contribution is -0.133. The maximum atomic E-state index is 13.7. The van der Waals surface area contributed by atoms with E-state index < -0.39 is 23.8 Å². The smallest absolute Gasteiger partial charge is 0.239 e. The predicted molar refractivity (Wildman–Crippen MR) is 83.8 cm³/mol. The molecule has 1 aliphatic rings. The van der Waals surface area contributed by atoms with Crippen LogP contribution in [0.15, 0.2) is 18.2 Å². The van der Waals surface area contributed by atoms with E-state index in [4.69, 9.17) is 0 Å². The summed E-state index contributed by atoms with van der Waals surface area (Å²) < 4.78 is 27.4. The van der Waals surface area contributed by atoms with Gasteiger partial charge in [-0.3, -0.25) is 4.79 Å². The molecule has 0 radical (unpaired) electrons. The third kappa shape index (κ3) is 4.26. The fraction of sp³-hybridized carbons (Fsp3) is 0.588. The maximum Gasteiger partial charge on any atom is 0.239 e. The highest BCUT2D eigenvalue weighted by molar-refractivity contribution is 5.82. The molecule has 23 heavy (non-hydrogen) atoms. The van der Waals surface area contributed by atoms with E-state index in [2.05, 4.69) is 5.32 Å². The molecule has 128 valence electrons. The van der Waals surface area contributed by atoms with Crippen molar-refractivity contribution in [2.24, 2.45) is 5.92 Å². The lowest BCUT2D eigenvalue weighted by Gasteiger charge is -2.27. The minimum absolute atomic E-state index is 0.0146. The first-order chi connectivity index (χ1) is 10.9. The lowest BCUT2D eigenvalue weighted by Crippen LogP contribution is -2.49. The Morgan fingerprint density at radius 1 is 1.26 bits per heavy atom. The van der Waals surface area contributed by atoms with Crippen molar-refractivity contribution in [3.8, 4) is 0 Å². The Morgan fingerprint density at radius 2 is 1.83 bits per heavy atom. The third-order valence-corrected chi connectivity index (χ3v) is 4.21. The van der Waals surface area contributed by atoms with Crippen LogP contribution < -0.4 is 5.32 Å². The van der Waals surface area contributed by atoms with E-state index >= 15 is 0 Å². The molecule has 2 rings (SSSR count). The number of benzene rings is 1. The highest BCUT2D eigenvalue weighted by atomic mass is 19.1. The molecule has 2 N–H and O–H groups in total. The Morgan fingerprint density at radius 3 is 2.35 bits per heavy atom. The Balaban J connectivity index is 2.02. The predicted octanol–water partition coefficient (Wildman–Crippen LogP) is 2.23. The number of carbonyl (C=O) groups is 1. The zero-order valence-corrected chi connectivity index (χ0v) is 13.6. The molecule has 1 heterocycles. The van der Waals surface area contributed by atoms with Gasteiger partial charge in [-0.2, -0.15) is 0 Å². The van der Waals surface area contributed by atoms with Crippen LogP contribution in [0.25, 0.3) is 0 Å². The van der Waals surface area contributed by atoms with Gasteiger partial charge in [0.2, 0.25) is 5.91 Å². The molecule has 1 saturated heterocycles. The van der Waals surface area contributed by atoms with E-state index in [0.717, 1.165) is 38.1 Å². The third-order valence-electron chi connectivity index (χ3n) is 4.21. The van der Waals surface area contributed by atoms with E-state index in [0.29, 0.717) is 0 Å². The summed E-state index contributed by atoms with van der Waals surface area (Å²) in [6, 6.07) is 2.99. The number of rotatable bonds is 6. The van der Waals surface area contributed by atoms with E-state index in [1.54, 1.807) is 4.90 Å². The number of halogens is 2. The van der Waals surface area contributed by atoms with Crippen LogP contribution in [0.3, 0.4) is 0 Å². The van der Waals surface area contributed by atoms with E-state index in [-0.39, 0.29) is 23.9 Å². The molecule has 1 amide bonds. The molecule has 4 nitrogen and oxygen atoms in total. The van der Waals surface area contributed by atoms with Crippen LogP contribution >= 0.6 is 0 Å². The summed E-state index contributed by atoms with van der Waals surface area (Å²) in [6.07, 6.45) is 0.656. The number of likely N-dealkylation sites (tertiary alicyclic amines) is 1. The Hall–Kier alpha value is -1.53. The van der Waals surface area contributed by atoms with Crippen LogP contribution in [-0.2, 0) is 4.79 Å². The van der Waals surface area contributed by atoms with Gasteiger partial charge in [-0.1, -0.05) is 19.9 Å². The molecule has 1 aromatic carbocycles. The van der Waals surface area contributed by atoms with Gasteiger partial charge in [-0.25, -0.2) is 8.78 Å². The molecule has 0 bridgehead atoms. The van der Waals surface area contributed by atoms with Gasteiger partial charge in [0, 0.05) is 19.6 Å². The fourth-order valence-electron chi connectivity index (χ4n) is 2.91. The molecule has 0 aliphatic carbocycles. The summed E-state index contributed by atoms with van der Waals surface area (Å²) in [4.78, 5) is 14.3. The molecule has 1 aliphatic heterocycles. The molecule has 1 aromatic rings. The highest BCUT2D eigenvalue weighted by Crippen LogP contribution is 2.21. The summed E-state index contributed by atoms with van der Waals surface area (Å²) in [6.45, 7) is 5.21. The summed E-state index contributed by atoms with van der Waals surface area (Å²) in [5, 5.41) is 13.1. The van der Waals surface area contributed by atoms with Crippen molar-refractivity contribution >= 4 is 5.91 Å². The molecule has 2 atom stereocenters. The number of hydrogen-bond donors (Lipinski definition) is 2. The quantitative estimate of drug-likeness (QED) is 0.843. The van der Waals surface area contributed by atoms with E-state index in [1.165, 1.54) is 6.07 Å². The van der Waals surface area contributed by atoms with Gasteiger partial charge in [0.25, 0.3) is 0 Å². The number of hydrogen-bond acceptors (Lipinski definition) is 3. The molecule has 0 aromatic heterocycles. The number of aliphatic hydroxyl groups excluding tert-OH is 1. The minimum Gasteiger partial charge on any atom is -0.387 e. The van der Waals surface area contributed by atoms with Crippen molar-refractivity contribution < 1.29 is 18.7 Å². The summed E-state index contributed by atoms with van der Waals surface area (Å²) in [5.74, 6) is -1.57. The normalized spacial score (nSPS) is 17.6. The number of aliphatic hydroxyl groups is 1. The second-order valence-electron chi connectivity index (χ2n) is 6.31. The monoisotopic (exact) mass is 326 g/mol. The SMILES string of the molecule is CC(C)[C@H](NCC(O)c1c(F)cccc1F)C(=O)N1CCCC1. The molecule has 0 spiro atoms. The average molecular weight is 326 g/mol. The van der Waals surface area contributed by atoms with Crippen molar-refractivity contribution in [1.29, 1.82) is 0 Å². The lowest BCUT2D eigenvalue weighted by atomic mass is 10.0. The molecule has 1 unspecified atom stereocenters. The standard InChI is InChI=1S/C17H24F2N2O2/c1-11(2)16(17(23)21-8-3-4-9-21)20-10-14(22)15-12(18)6-5-7-13(15)19/h5-7,11,14,16,20,22H,3-4,8-10H2,1-2H3/t14?,16-/m0/s1. The molecular weight excluding hydrogens is 302 g/mol. The second-order valence-corrected chi connectivity index (χ2v) is 6.31. The van der Waals surface area contributed by atoms with Crippen LogP contribution in [0, 0.1) is 17.6 Å². The maximum absolute atomic E-state index is 13.7. The van der Waals surface area contributed by atoms with Gasteiger partial charge in [-0.15, -0.1) is 0 Å². The Labute approximate surface area is 135 Å². The first kappa shape index (κ1) is 17.8. The molecule has 1 fully saturated rings. The van der Waals surface area contributed by atoms with E-state index in [1.807, 2.05) is 13.8 Å². The van der Waals surface area contributed by atoms with Crippen LogP contribution in [0.1, 0.15) is 38.4 Å². The van der Waals surface area contributed by atoms with Gasteiger partial charge < -0.3 is 15.3 Å². The number of nitrogens with one attached hydrogen (secondary N) is 1. The zero-order valence-electron chi connectivity index (χ0n) is 13.6. The summed E-state index contributed by atoms with van der Waals surface area (Å²) in [5.41, 5.74) is -0.365. The van der Waals surface area contributed by atoms with Crippen LogP contribution in [0.5, 0.6) is 0 Å². The van der Waals surface area contributed by atoms with Crippen molar-refractivity contribution in [3.05, 3.63) is 35.4 Å².